The molecule has 0 bridgehead atoms. The van der Waals surface area contributed by atoms with E-state index in [1.54, 1.807) is 0 Å². The number of hydrogen-bond acceptors (Lipinski definition) is 9. The van der Waals surface area contributed by atoms with Crippen LogP contribution in [0.25, 0.3) is 0 Å². The highest BCUT2D eigenvalue weighted by atomic mass is 32.1. The molecule has 1 N–H and O–H groups in total. The summed E-state index contributed by atoms with van der Waals surface area (Å²) in [4.78, 5) is 16.2. The van der Waals surface area contributed by atoms with E-state index in [0.717, 1.165) is 0 Å². The van der Waals surface area contributed by atoms with Gasteiger partial charge in [-0.1, -0.05) is 11.3 Å². The number of ether oxygens (including phenoxy) is 1. The standard InChI is InChI=1S/C13H13N5O4S/c19-11-12(23-13(14-11)17-5-7-22-8-6-17)16-15-9-1-3-10(4-2-9)18(20)21/h1-4,19H,5-8H2. The average Bonchev–Trinajstić information content (AvgIpc) is 2.95. The third-order valence-corrected chi connectivity index (χ3v) is 4.17. The summed E-state index contributed by atoms with van der Waals surface area (Å²) in [6.45, 7) is 2.68. The lowest BCUT2D eigenvalue weighted by Gasteiger charge is -2.25. The topological polar surface area (TPSA) is 113 Å². The second-order valence-corrected chi connectivity index (χ2v) is 5.65. The highest BCUT2D eigenvalue weighted by Crippen LogP contribution is 2.39. The molecule has 0 radical (unpaired) electrons. The predicted octanol–water partition coefficient (Wildman–Crippen LogP) is 3.01. The van der Waals surface area contributed by atoms with Crippen molar-refractivity contribution < 1.29 is 14.8 Å². The van der Waals surface area contributed by atoms with Gasteiger partial charge >= 0.3 is 0 Å². The summed E-state index contributed by atoms with van der Waals surface area (Å²) in [5, 5.41) is 29.3. The number of nitro benzene ring substituents is 1. The number of aromatic hydroxyl groups is 1. The van der Waals surface area contributed by atoms with Crippen molar-refractivity contribution in [3.8, 4) is 5.88 Å². The third kappa shape index (κ3) is 3.60. The van der Waals surface area contributed by atoms with Gasteiger partial charge in [-0.25, -0.2) is 0 Å². The van der Waals surface area contributed by atoms with Crippen LogP contribution in [0, 0.1) is 10.1 Å². The van der Waals surface area contributed by atoms with E-state index < -0.39 is 4.92 Å². The molecule has 3 rings (SSSR count). The van der Waals surface area contributed by atoms with Crippen molar-refractivity contribution >= 4 is 32.8 Å². The van der Waals surface area contributed by atoms with Gasteiger partial charge in [0.2, 0.25) is 5.00 Å². The van der Waals surface area contributed by atoms with Gasteiger partial charge in [0.15, 0.2) is 5.13 Å². The molecular formula is C13H13N5O4S. The Bertz CT molecular complexity index is 724. The molecule has 0 saturated carbocycles. The van der Waals surface area contributed by atoms with Crippen LogP contribution in [0.1, 0.15) is 0 Å². The van der Waals surface area contributed by atoms with E-state index in [0.29, 0.717) is 42.1 Å². The summed E-state index contributed by atoms with van der Waals surface area (Å²) < 4.78 is 5.27. The van der Waals surface area contributed by atoms with Crippen LogP contribution in [0.3, 0.4) is 0 Å². The molecule has 1 aromatic heterocycles. The summed E-state index contributed by atoms with van der Waals surface area (Å²) in [5.74, 6) is -0.179. The van der Waals surface area contributed by atoms with E-state index >= 15 is 0 Å². The van der Waals surface area contributed by atoms with E-state index in [9.17, 15) is 15.2 Å². The summed E-state index contributed by atoms with van der Waals surface area (Å²) in [6.07, 6.45) is 0. The number of aromatic nitrogens is 1. The van der Waals surface area contributed by atoms with Gasteiger partial charge in [0.1, 0.15) is 0 Å². The van der Waals surface area contributed by atoms with Crippen molar-refractivity contribution in [2.45, 2.75) is 0 Å². The van der Waals surface area contributed by atoms with Crippen LogP contribution < -0.4 is 4.90 Å². The normalized spacial score (nSPS) is 15.2. The van der Waals surface area contributed by atoms with Crippen molar-refractivity contribution in [3.63, 3.8) is 0 Å². The number of nitro groups is 1. The molecule has 2 aromatic rings. The van der Waals surface area contributed by atoms with Crippen LogP contribution >= 0.6 is 11.3 Å². The Kier molecular flexibility index (Phi) is 4.44. The summed E-state index contributed by atoms with van der Waals surface area (Å²) in [5.41, 5.74) is 0.440. The molecule has 120 valence electrons. The molecular weight excluding hydrogens is 322 g/mol. The largest absolute Gasteiger partial charge is 0.491 e. The van der Waals surface area contributed by atoms with Gasteiger partial charge in [-0.2, -0.15) is 4.98 Å². The Balaban J connectivity index is 1.74. The van der Waals surface area contributed by atoms with Crippen molar-refractivity contribution in [2.24, 2.45) is 10.2 Å². The molecule has 2 heterocycles. The van der Waals surface area contributed by atoms with Crippen LogP contribution in [0.15, 0.2) is 34.5 Å². The number of azo groups is 1. The second-order valence-electron chi connectivity index (χ2n) is 4.70. The van der Waals surface area contributed by atoms with Crippen molar-refractivity contribution in [3.05, 3.63) is 34.4 Å². The number of anilines is 1. The second kappa shape index (κ2) is 6.67. The summed E-state index contributed by atoms with van der Waals surface area (Å²) in [7, 11) is 0. The summed E-state index contributed by atoms with van der Waals surface area (Å²) >= 11 is 1.23. The molecule has 0 aliphatic carbocycles. The highest BCUT2D eigenvalue weighted by Gasteiger charge is 2.18. The van der Waals surface area contributed by atoms with E-state index in [2.05, 4.69) is 15.2 Å². The predicted molar refractivity (Wildman–Crippen MR) is 84.1 cm³/mol. The van der Waals surface area contributed by atoms with Crippen LogP contribution in [-0.4, -0.2) is 41.3 Å². The molecule has 1 aromatic carbocycles. The van der Waals surface area contributed by atoms with Crippen molar-refractivity contribution in [2.75, 3.05) is 31.2 Å². The zero-order valence-corrected chi connectivity index (χ0v) is 12.8. The van der Waals surface area contributed by atoms with Gasteiger partial charge in [-0.3, -0.25) is 10.1 Å². The lowest BCUT2D eigenvalue weighted by molar-refractivity contribution is -0.384. The summed E-state index contributed by atoms with van der Waals surface area (Å²) in [6, 6.07) is 5.67. The quantitative estimate of drug-likeness (QED) is 0.522. The minimum Gasteiger partial charge on any atom is -0.491 e. The van der Waals surface area contributed by atoms with Crippen molar-refractivity contribution in [1.29, 1.82) is 0 Å². The van der Waals surface area contributed by atoms with Crippen LogP contribution in [-0.2, 0) is 4.74 Å². The molecule has 1 aliphatic heterocycles. The molecule has 0 amide bonds. The Morgan fingerprint density at radius 3 is 2.61 bits per heavy atom. The van der Waals surface area contributed by atoms with E-state index in [1.807, 2.05) is 4.90 Å². The van der Waals surface area contributed by atoms with Gasteiger partial charge in [0.25, 0.3) is 11.6 Å². The number of thiazole rings is 1. The van der Waals surface area contributed by atoms with E-state index in [-0.39, 0.29) is 11.6 Å². The van der Waals surface area contributed by atoms with E-state index in [1.165, 1.54) is 35.6 Å². The van der Waals surface area contributed by atoms with Gasteiger partial charge in [-0.15, -0.1) is 10.2 Å². The molecule has 0 unspecified atom stereocenters. The monoisotopic (exact) mass is 335 g/mol. The molecule has 10 heteroatoms. The van der Waals surface area contributed by atoms with Gasteiger partial charge in [0.05, 0.1) is 23.8 Å². The Morgan fingerprint density at radius 1 is 1.26 bits per heavy atom. The number of non-ortho nitro benzene ring substituents is 1. The molecule has 0 spiro atoms. The number of morpholine rings is 1. The fraction of sp³-hybridized carbons (Fsp3) is 0.308. The minimum atomic E-state index is -0.482. The smallest absolute Gasteiger partial charge is 0.269 e. The maximum Gasteiger partial charge on any atom is 0.269 e. The number of rotatable bonds is 4. The number of benzene rings is 1. The van der Waals surface area contributed by atoms with Crippen LogP contribution in [0.5, 0.6) is 5.88 Å². The molecule has 1 saturated heterocycles. The number of hydrogen-bond donors (Lipinski definition) is 1. The maximum absolute atomic E-state index is 10.6. The lowest BCUT2D eigenvalue weighted by Crippen LogP contribution is -2.36. The first-order valence-electron chi connectivity index (χ1n) is 6.82. The van der Waals surface area contributed by atoms with Gasteiger partial charge in [-0.05, 0) is 12.1 Å². The van der Waals surface area contributed by atoms with Gasteiger partial charge in [0, 0.05) is 25.2 Å². The molecule has 9 nitrogen and oxygen atoms in total. The van der Waals surface area contributed by atoms with Crippen LogP contribution in [0.2, 0.25) is 0 Å². The molecule has 0 atom stereocenters. The SMILES string of the molecule is O=[N+]([O-])c1ccc(N=Nc2sc(N3CCOCC3)nc2O)cc1. The van der Waals surface area contributed by atoms with Crippen molar-refractivity contribution in [1.82, 2.24) is 4.98 Å². The van der Waals surface area contributed by atoms with E-state index in [4.69, 9.17) is 4.74 Å². The third-order valence-electron chi connectivity index (χ3n) is 3.18. The fourth-order valence-electron chi connectivity index (χ4n) is 1.99. The minimum absolute atomic E-state index is 0.0146. The molecule has 23 heavy (non-hydrogen) atoms. The highest BCUT2D eigenvalue weighted by molar-refractivity contribution is 7.19. The maximum atomic E-state index is 10.6. The first kappa shape index (κ1) is 15.3. The number of nitrogens with zero attached hydrogens (tertiary/aromatic N) is 5. The van der Waals surface area contributed by atoms with Crippen LogP contribution in [0.4, 0.5) is 21.5 Å². The fourth-order valence-corrected chi connectivity index (χ4v) is 2.83. The first-order chi connectivity index (χ1) is 11.1. The Labute approximate surface area is 135 Å². The Morgan fingerprint density at radius 2 is 1.96 bits per heavy atom. The molecule has 1 fully saturated rings. The molecule has 1 aliphatic rings. The Hall–Kier alpha value is -2.59. The lowest BCUT2D eigenvalue weighted by atomic mass is 10.3. The first-order valence-corrected chi connectivity index (χ1v) is 7.64. The average molecular weight is 335 g/mol. The zero-order chi connectivity index (χ0) is 16.2. The zero-order valence-electron chi connectivity index (χ0n) is 12.0. The van der Waals surface area contributed by atoms with Gasteiger partial charge < -0.3 is 14.7 Å².